The van der Waals surface area contributed by atoms with Crippen LogP contribution in [0.2, 0.25) is 5.02 Å². The van der Waals surface area contributed by atoms with E-state index in [9.17, 15) is 9.59 Å². The monoisotopic (exact) mass is 390 g/mol. The van der Waals surface area contributed by atoms with E-state index in [-0.39, 0.29) is 16.5 Å². The molecule has 7 nitrogen and oxygen atoms in total. The van der Waals surface area contributed by atoms with Crippen LogP contribution in [0.4, 0.5) is 5.69 Å². The van der Waals surface area contributed by atoms with Crippen molar-refractivity contribution in [3.63, 3.8) is 0 Å². The minimum absolute atomic E-state index is 0.0137. The number of piperazine rings is 1. The van der Waals surface area contributed by atoms with Crippen LogP contribution in [0.1, 0.15) is 13.8 Å². The number of aromatic nitrogens is 2. The molecule has 2 heterocycles. The van der Waals surface area contributed by atoms with Gasteiger partial charge in [0.2, 0.25) is 0 Å². The number of amides is 1. The standard InChI is InChI=1S/C19H23ClN4O3/c1-3-27-14(2)18(25)23-11-9-22(10-12-23)16-13-21-24(19(26)17(16)20)15-7-5-4-6-8-15/h4-8,13-14H,3,9-12H2,1-2H3. The van der Waals surface area contributed by atoms with Crippen LogP contribution in [0.25, 0.3) is 5.69 Å². The topological polar surface area (TPSA) is 67.7 Å². The molecule has 1 aliphatic rings. The van der Waals surface area contributed by atoms with Gasteiger partial charge in [0.15, 0.2) is 0 Å². The predicted molar refractivity (Wildman–Crippen MR) is 105 cm³/mol. The molecule has 144 valence electrons. The molecular weight excluding hydrogens is 368 g/mol. The van der Waals surface area contributed by atoms with Gasteiger partial charge in [0.05, 0.1) is 17.6 Å². The summed E-state index contributed by atoms with van der Waals surface area (Å²) in [5.74, 6) is -0.0137. The van der Waals surface area contributed by atoms with Gasteiger partial charge in [-0.1, -0.05) is 29.8 Å². The van der Waals surface area contributed by atoms with E-state index in [1.807, 2.05) is 30.0 Å². The molecule has 1 aromatic heterocycles. The minimum Gasteiger partial charge on any atom is -0.369 e. The van der Waals surface area contributed by atoms with Gasteiger partial charge in [-0.3, -0.25) is 9.59 Å². The van der Waals surface area contributed by atoms with Crippen molar-refractivity contribution in [2.75, 3.05) is 37.7 Å². The number of anilines is 1. The lowest BCUT2D eigenvalue weighted by Crippen LogP contribution is -2.51. The highest BCUT2D eigenvalue weighted by molar-refractivity contribution is 6.33. The number of carbonyl (C=O) groups excluding carboxylic acids is 1. The number of ether oxygens (including phenoxy) is 1. The molecule has 2 aromatic rings. The first-order chi connectivity index (χ1) is 13.0. The molecule has 0 aliphatic carbocycles. The molecule has 0 saturated carbocycles. The van der Waals surface area contributed by atoms with Crippen LogP contribution in [0.5, 0.6) is 0 Å². The molecule has 1 unspecified atom stereocenters. The van der Waals surface area contributed by atoms with Gasteiger partial charge in [-0.25, -0.2) is 0 Å². The number of benzene rings is 1. The zero-order chi connectivity index (χ0) is 19.4. The van der Waals surface area contributed by atoms with Crippen molar-refractivity contribution in [3.05, 3.63) is 51.9 Å². The third-order valence-corrected chi connectivity index (χ3v) is 4.95. The Morgan fingerprint density at radius 1 is 1.22 bits per heavy atom. The van der Waals surface area contributed by atoms with Gasteiger partial charge in [0, 0.05) is 32.8 Å². The Bertz CT molecular complexity index is 848. The number of hydrogen-bond acceptors (Lipinski definition) is 5. The van der Waals surface area contributed by atoms with Crippen molar-refractivity contribution in [3.8, 4) is 5.69 Å². The molecule has 1 fully saturated rings. The quantitative estimate of drug-likeness (QED) is 0.780. The van der Waals surface area contributed by atoms with Crippen LogP contribution in [-0.4, -0.2) is 59.5 Å². The Morgan fingerprint density at radius 3 is 2.52 bits per heavy atom. The maximum absolute atomic E-state index is 12.6. The van der Waals surface area contributed by atoms with E-state index in [2.05, 4.69) is 5.10 Å². The zero-order valence-corrected chi connectivity index (χ0v) is 16.2. The van der Waals surface area contributed by atoms with Crippen molar-refractivity contribution >= 4 is 23.2 Å². The minimum atomic E-state index is -0.443. The highest BCUT2D eigenvalue weighted by Crippen LogP contribution is 2.23. The maximum Gasteiger partial charge on any atom is 0.292 e. The van der Waals surface area contributed by atoms with Crippen molar-refractivity contribution in [2.24, 2.45) is 0 Å². The fourth-order valence-corrected chi connectivity index (χ4v) is 3.39. The summed E-state index contributed by atoms with van der Waals surface area (Å²) in [4.78, 5) is 28.7. The largest absolute Gasteiger partial charge is 0.369 e. The number of nitrogens with zero attached hydrogens (tertiary/aromatic N) is 4. The van der Waals surface area contributed by atoms with Crippen LogP contribution in [0.3, 0.4) is 0 Å². The van der Waals surface area contributed by atoms with Crippen molar-refractivity contribution < 1.29 is 9.53 Å². The summed E-state index contributed by atoms with van der Waals surface area (Å²) in [6, 6.07) is 9.15. The highest BCUT2D eigenvalue weighted by atomic mass is 35.5. The summed E-state index contributed by atoms with van der Waals surface area (Å²) in [5.41, 5.74) is 0.902. The second-order valence-electron chi connectivity index (χ2n) is 6.31. The van der Waals surface area contributed by atoms with Gasteiger partial charge in [-0.05, 0) is 26.0 Å². The molecule has 1 amide bonds. The second kappa shape index (κ2) is 8.54. The summed E-state index contributed by atoms with van der Waals surface area (Å²) in [5, 5.41) is 4.40. The Kier molecular flexibility index (Phi) is 6.13. The molecule has 1 aliphatic heterocycles. The Hall–Kier alpha value is -2.38. The normalized spacial score (nSPS) is 15.7. The smallest absolute Gasteiger partial charge is 0.292 e. The first-order valence-electron chi connectivity index (χ1n) is 9.01. The first kappa shape index (κ1) is 19.4. The van der Waals surface area contributed by atoms with E-state index in [1.54, 1.807) is 30.2 Å². The fraction of sp³-hybridized carbons (Fsp3) is 0.421. The van der Waals surface area contributed by atoms with Gasteiger partial charge in [0.1, 0.15) is 11.1 Å². The second-order valence-corrected chi connectivity index (χ2v) is 6.68. The molecule has 0 radical (unpaired) electrons. The van der Waals surface area contributed by atoms with E-state index >= 15 is 0 Å². The van der Waals surface area contributed by atoms with E-state index in [0.717, 1.165) is 0 Å². The molecule has 1 saturated heterocycles. The van der Waals surface area contributed by atoms with Crippen LogP contribution < -0.4 is 10.5 Å². The number of halogens is 1. The van der Waals surface area contributed by atoms with Crippen LogP contribution in [-0.2, 0) is 9.53 Å². The van der Waals surface area contributed by atoms with Crippen LogP contribution in [0.15, 0.2) is 41.3 Å². The number of hydrogen-bond donors (Lipinski definition) is 0. The molecule has 0 N–H and O–H groups in total. The average molecular weight is 391 g/mol. The molecule has 8 heteroatoms. The Balaban J connectivity index is 1.73. The summed E-state index contributed by atoms with van der Waals surface area (Å²) in [6.45, 7) is 6.41. The van der Waals surface area contributed by atoms with Gasteiger partial charge in [-0.15, -0.1) is 0 Å². The van der Waals surface area contributed by atoms with Crippen LogP contribution in [0, 0.1) is 0 Å². The van der Waals surface area contributed by atoms with E-state index in [0.29, 0.717) is 44.2 Å². The van der Waals surface area contributed by atoms with E-state index in [4.69, 9.17) is 16.3 Å². The molecule has 0 spiro atoms. The van der Waals surface area contributed by atoms with Crippen molar-refractivity contribution in [1.29, 1.82) is 0 Å². The third kappa shape index (κ3) is 4.14. The molecule has 0 bridgehead atoms. The number of rotatable bonds is 5. The third-order valence-electron chi connectivity index (χ3n) is 4.60. The van der Waals surface area contributed by atoms with Gasteiger partial charge < -0.3 is 14.5 Å². The summed E-state index contributed by atoms with van der Waals surface area (Å²) in [7, 11) is 0. The Morgan fingerprint density at radius 2 is 1.89 bits per heavy atom. The molecule has 1 aromatic carbocycles. The van der Waals surface area contributed by atoms with Gasteiger partial charge in [0.25, 0.3) is 11.5 Å². The predicted octanol–water partition coefficient (Wildman–Crippen LogP) is 1.96. The van der Waals surface area contributed by atoms with E-state index in [1.165, 1.54) is 4.68 Å². The SMILES string of the molecule is CCOC(C)C(=O)N1CCN(c2cnn(-c3ccccc3)c(=O)c2Cl)CC1. The molecule has 27 heavy (non-hydrogen) atoms. The van der Waals surface area contributed by atoms with Crippen molar-refractivity contribution in [1.82, 2.24) is 14.7 Å². The van der Waals surface area contributed by atoms with Gasteiger partial charge >= 0.3 is 0 Å². The van der Waals surface area contributed by atoms with Crippen LogP contribution >= 0.6 is 11.6 Å². The summed E-state index contributed by atoms with van der Waals surface area (Å²) >= 11 is 6.36. The van der Waals surface area contributed by atoms with Gasteiger partial charge in [-0.2, -0.15) is 9.78 Å². The highest BCUT2D eigenvalue weighted by Gasteiger charge is 2.26. The average Bonchev–Trinajstić information content (AvgIpc) is 2.70. The fourth-order valence-electron chi connectivity index (χ4n) is 3.14. The molecule has 3 rings (SSSR count). The number of carbonyl (C=O) groups is 1. The maximum atomic E-state index is 12.6. The lowest BCUT2D eigenvalue weighted by molar-refractivity contribution is -0.142. The number of para-hydroxylation sites is 1. The summed E-state index contributed by atoms with van der Waals surface area (Å²) < 4.78 is 6.67. The van der Waals surface area contributed by atoms with Crippen molar-refractivity contribution in [2.45, 2.75) is 20.0 Å². The lowest BCUT2D eigenvalue weighted by atomic mass is 10.2. The zero-order valence-electron chi connectivity index (χ0n) is 15.5. The Labute approximate surface area is 163 Å². The molecular formula is C19H23ClN4O3. The lowest BCUT2D eigenvalue weighted by Gasteiger charge is -2.37. The molecule has 1 atom stereocenters. The first-order valence-corrected chi connectivity index (χ1v) is 9.39. The summed E-state index contributed by atoms with van der Waals surface area (Å²) in [6.07, 6.45) is 1.17. The van der Waals surface area contributed by atoms with E-state index < -0.39 is 6.10 Å².